The van der Waals surface area contributed by atoms with Crippen molar-refractivity contribution in [3.8, 4) is 0 Å². The molecule has 1 aliphatic carbocycles. The Labute approximate surface area is 174 Å². The zero-order chi connectivity index (χ0) is 20.9. The number of amides is 1. The van der Waals surface area contributed by atoms with Crippen LogP contribution in [0.1, 0.15) is 53.8 Å². The molecule has 2 aromatic heterocycles. The van der Waals surface area contributed by atoms with Gasteiger partial charge in [0.05, 0.1) is 12.2 Å². The third-order valence-electron chi connectivity index (χ3n) is 6.03. The first-order chi connectivity index (χ1) is 14.6. The fourth-order valence-electron chi connectivity index (χ4n) is 4.34. The summed E-state index contributed by atoms with van der Waals surface area (Å²) in [6.07, 6.45) is 7.39. The third-order valence-corrected chi connectivity index (χ3v) is 6.03. The monoisotopic (exact) mass is 412 g/mol. The summed E-state index contributed by atoms with van der Waals surface area (Å²) in [5.74, 6) is -0.302. The molecule has 1 fully saturated rings. The molecule has 2 N–H and O–H groups in total. The Hall–Kier alpha value is -2.81. The maximum atomic E-state index is 12.4. The van der Waals surface area contributed by atoms with Crippen LogP contribution < -0.4 is 16.4 Å². The van der Waals surface area contributed by atoms with Crippen LogP contribution in [0.2, 0.25) is 0 Å². The lowest BCUT2D eigenvalue weighted by Gasteiger charge is -2.35. The Kier molecular flexibility index (Phi) is 6.37. The van der Waals surface area contributed by atoms with E-state index in [-0.39, 0.29) is 28.8 Å². The molecule has 0 radical (unpaired) electrons. The van der Waals surface area contributed by atoms with Gasteiger partial charge in [0.15, 0.2) is 0 Å². The van der Waals surface area contributed by atoms with Gasteiger partial charge in [0.2, 0.25) is 0 Å². The van der Waals surface area contributed by atoms with Crippen molar-refractivity contribution in [3.05, 3.63) is 55.9 Å². The topological polar surface area (TPSA) is 113 Å². The molecule has 30 heavy (non-hydrogen) atoms. The van der Waals surface area contributed by atoms with Crippen molar-refractivity contribution in [3.63, 3.8) is 0 Å². The molecule has 1 aliphatic heterocycles. The number of aromatic amines is 1. The Bertz CT molecular complexity index is 994. The number of hydrogen-bond acceptors (Lipinski definition) is 6. The van der Waals surface area contributed by atoms with Crippen molar-refractivity contribution in [2.45, 2.75) is 57.5 Å². The number of fused-ring (bicyclic) bond motifs is 1. The van der Waals surface area contributed by atoms with Gasteiger partial charge in [0.25, 0.3) is 17.0 Å². The normalized spacial score (nSPS) is 19.3. The molecule has 9 nitrogen and oxygen atoms in total. The quantitative estimate of drug-likeness (QED) is 0.714. The second-order valence-electron chi connectivity index (χ2n) is 8.09. The number of nitrogens with zero attached hydrogens (tertiary/aromatic N) is 4. The molecular weight excluding hydrogens is 384 g/mol. The Balaban J connectivity index is 1.36. The van der Waals surface area contributed by atoms with Crippen molar-refractivity contribution >= 4 is 5.91 Å². The van der Waals surface area contributed by atoms with Gasteiger partial charge in [-0.25, -0.2) is 9.78 Å². The van der Waals surface area contributed by atoms with E-state index in [2.05, 4.69) is 25.5 Å². The molecule has 1 atom stereocenters. The van der Waals surface area contributed by atoms with E-state index >= 15 is 0 Å². The van der Waals surface area contributed by atoms with Crippen molar-refractivity contribution in [1.29, 1.82) is 0 Å². The van der Waals surface area contributed by atoms with Crippen LogP contribution in [-0.2, 0) is 19.4 Å². The smallest absolute Gasteiger partial charge is 0.271 e. The Morgan fingerprint density at radius 1 is 1.13 bits per heavy atom. The maximum absolute atomic E-state index is 12.4. The number of likely N-dealkylation sites (tertiary alicyclic amines) is 1. The molecular formula is C21H28N6O3. The predicted octanol–water partition coefficient (Wildman–Crippen LogP) is 0.490. The average molecular weight is 412 g/mol. The lowest BCUT2D eigenvalue weighted by atomic mass is 9.97. The second kappa shape index (κ2) is 9.34. The van der Waals surface area contributed by atoms with Crippen molar-refractivity contribution in [2.75, 3.05) is 19.6 Å². The molecule has 9 heteroatoms. The first kappa shape index (κ1) is 20.5. The van der Waals surface area contributed by atoms with Gasteiger partial charge in [0.1, 0.15) is 5.69 Å². The highest BCUT2D eigenvalue weighted by molar-refractivity contribution is 5.91. The van der Waals surface area contributed by atoms with Crippen molar-refractivity contribution in [2.24, 2.45) is 0 Å². The van der Waals surface area contributed by atoms with Gasteiger partial charge >= 0.3 is 0 Å². The molecule has 0 aromatic carbocycles. The molecule has 2 aliphatic rings. The minimum Gasteiger partial charge on any atom is -0.349 e. The number of aryl methyl sites for hydroxylation is 2. The number of H-pyrrole nitrogens is 1. The summed E-state index contributed by atoms with van der Waals surface area (Å²) in [6.45, 7) is 2.73. The number of carbonyl (C=O) groups excluding carboxylic acids is 1. The van der Waals surface area contributed by atoms with Gasteiger partial charge in [-0.1, -0.05) is 6.42 Å². The number of nitrogens with one attached hydrogen (secondary N) is 2. The molecule has 0 spiro atoms. The van der Waals surface area contributed by atoms with Crippen LogP contribution in [0.4, 0.5) is 0 Å². The zero-order valence-corrected chi connectivity index (χ0v) is 17.1. The van der Waals surface area contributed by atoms with Crippen LogP contribution in [-0.4, -0.2) is 56.5 Å². The van der Waals surface area contributed by atoms with E-state index in [1.807, 2.05) is 0 Å². The molecule has 4 rings (SSSR count). The summed E-state index contributed by atoms with van der Waals surface area (Å²) in [5, 5.41) is 13.6. The maximum Gasteiger partial charge on any atom is 0.271 e. The van der Waals surface area contributed by atoms with E-state index in [4.69, 9.17) is 0 Å². The van der Waals surface area contributed by atoms with Crippen LogP contribution in [0.15, 0.2) is 27.8 Å². The predicted molar refractivity (Wildman–Crippen MR) is 112 cm³/mol. The molecule has 1 unspecified atom stereocenters. The van der Waals surface area contributed by atoms with E-state index < -0.39 is 0 Å². The molecule has 1 amide bonds. The fourth-order valence-corrected chi connectivity index (χ4v) is 4.34. The first-order valence-corrected chi connectivity index (χ1v) is 10.8. The lowest BCUT2D eigenvalue weighted by molar-refractivity contribution is 0.0903. The van der Waals surface area contributed by atoms with Crippen LogP contribution in [0.3, 0.4) is 0 Å². The number of hydrogen-bond donors (Lipinski definition) is 2. The number of aromatic nitrogens is 4. The second-order valence-corrected chi connectivity index (χ2v) is 8.09. The van der Waals surface area contributed by atoms with Crippen molar-refractivity contribution in [1.82, 2.24) is 30.2 Å². The van der Waals surface area contributed by atoms with Crippen molar-refractivity contribution < 1.29 is 4.79 Å². The summed E-state index contributed by atoms with van der Waals surface area (Å²) >= 11 is 0. The van der Waals surface area contributed by atoms with Gasteiger partial charge in [-0.05, 0) is 56.7 Å². The van der Waals surface area contributed by atoms with Crippen LogP contribution in [0.25, 0.3) is 0 Å². The number of piperidine rings is 1. The standard InChI is InChI=1S/C21H28N6O3/c28-19-9-8-18(23-24-19)21(30)22-14-16-6-3-4-10-26(16)11-12-27-20(29)13-15-5-1-2-7-17(15)25-27/h8-9,13,16H,1-7,10-12,14H2,(H,22,30)(H,24,28). The molecule has 0 bridgehead atoms. The minimum absolute atomic E-state index is 0.0262. The highest BCUT2D eigenvalue weighted by Crippen LogP contribution is 2.18. The summed E-state index contributed by atoms with van der Waals surface area (Å²) in [6, 6.07) is 4.67. The minimum atomic E-state index is -0.337. The van der Waals surface area contributed by atoms with Gasteiger partial charge in [0, 0.05) is 31.3 Å². The molecule has 1 saturated heterocycles. The van der Waals surface area contributed by atoms with E-state index in [1.54, 1.807) is 10.7 Å². The van der Waals surface area contributed by atoms with Crippen LogP contribution in [0, 0.1) is 0 Å². The molecule has 3 heterocycles. The van der Waals surface area contributed by atoms with E-state index in [9.17, 15) is 14.4 Å². The molecule has 2 aromatic rings. The summed E-state index contributed by atoms with van der Waals surface area (Å²) < 4.78 is 1.60. The van der Waals surface area contributed by atoms with E-state index in [1.165, 1.54) is 12.1 Å². The zero-order valence-electron chi connectivity index (χ0n) is 17.1. The van der Waals surface area contributed by atoms with Gasteiger partial charge in [-0.15, -0.1) is 0 Å². The largest absolute Gasteiger partial charge is 0.349 e. The summed E-state index contributed by atoms with van der Waals surface area (Å²) in [4.78, 5) is 38.2. The van der Waals surface area contributed by atoms with E-state index in [0.717, 1.165) is 69.3 Å². The first-order valence-electron chi connectivity index (χ1n) is 10.8. The van der Waals surface area contributed by atoms with Gasteiger partial charge < -0.3 is 5.32 Å². The SMILES string of the molecule is O=C(NCC1CCCCN1CCn1nc2c(cc1=O)CCCC2)c1ccc(=O)[nH]n1. The number of rotatable bonds is 6. The van der Waals surface area contributed by atoms with Gasteiger partial charge in [-0.2, -0.15) is 10.2 Å². The Morgan fingerprint density at radius 3 is 2.83 bits per heavy atom. The van der Waals surface area contributed by atoms with Crippen LogP contribution >= 0.6 is 0 Å². The van der Waals surface area contributed by atoms with Gasteiger partial charge in [-0.3, -0.25) is 19.3 Å². The fraction of sp³-hybridized carbons (Fsp3) is 0.571. The highest BCUT2D eigenvalue weighted by atomic mass is 16.2. The summed E-state index contributed by atoms with van der Waals surface area (Å²) in [5.41, 5.74) is 2.01. The highest BCUT2D eigenvalue weighted by Gasteiger charge is 2.23. The molecule has 0 saturated carbocycles. The Morgan fingerprint density at radius 2 is 2.00 bits per heavy atom. The summed E-state index contributed by atoms with van der Waals surface area (Å²) in [7, 11) is 0. The molecule has 160 valence electrons. The average Bonchev–Trinajstić information content (AvgIpc) is 2.77. The third kappa shape index (κ3) is 4.84. The number of carbonyl (C=O) groups is 1. The van der Waals surface area contributed by atoms with Crippen LogP contribution in [0.5, 0.6) is 0 Å². The lowest BCUT2D eigenvalue weighted by Crippen LogP contribution is -2.48. The van der Waals surface area contributed by atoms with E-state index in [0.29, 0.717) is 13.1 Å².